The van der Waals surface area contributed by atoms with Crippen LogP contribution in [0, 0.1) is 0 Å². The smallest absolute Gasteiger partial charge is 0.335 e. The van der Waals surface area contributed by atoms with Crippen molar-refractivity contribution in [3.05, 3.63) is 102 Å². The van der Waals surface area contributed by atoms with Crippen LogP contribution in [0.25, 0.3) is 11.3 Å². The minimum absolute atomic E-state index is 0.0919. The fourth-order valence-corrected chi connectivity index (χ4v) is 4.38. The molecule has 2 aromatic carbocycles. The first-order valence-corrected chi connectivity index (χ1v) is 10.7. The van der Waals surface area contributed by atoms with Crippen LogP contribution in [-0.2, 0) is 0 Å². The lowest BCUT2D eigenvalue weighted by atomic mass is 10.0. The number of aromatic carboxylic acids is 1. The van der Waals surface area contributed by atoms with Crippen LogP contribution in [-0.4, -0.2) is 26.3 Å². The van der Waals surface area contributed by atoms with Gasteiger partial charge in [0.05, 0.1) is 23.0 Å². The van der Waals surface area contributed by atoms with Crippen LogP contribution in [0.15, 0.2) is 89.5 Å². The Bertz CT molecular complexity index is 1340. The SMILES string of the molecule is O=C(O)c1cccc(-c2ccc(C3C(c4ccccn4)NC(=S)N3c3ccccc3O)o2)c1. The predicted molar refractivity (Wildman–Crippen MR) is 127 cm³/mol. The number of nitrogens with zero attached hydrogens (tertiary/aromatic N) is 2. The lowest BCUT2D eigenvalue weighted by Crippen LogP contribution is -2.29. The molecule has 0 spiro atoms. The van der Waals surface area contributed by atoms with Gasteiger partial charge >= 0.3 is 5.97 Å². The molecule has 5 rings (SSSR count). The Morgan fingerprint density at radius 1 is 1.03 bits per heavy atom. The summed E-state index contributed by atoms with van der Waals surface area (Å²) in [6.45, 7) is 0. The Morgan fingerprint density at radius 2 is 1.85 bits per heavy atom. The van der Waals surface area contributed by atoms with E-state index in [0.29, 0.717) is 27.9 Å². The van der Waals surface area contributed by atoms with E-state index in [4.69, 9.17) is 16.6 Å². The molecule has 2 aromatic heterocycles. The van der Waals surface area contributed by atoms with E-state index in [0.717, 1.165) is 5.69 Å². The van der Waals surface area contributed by atoms with E-state index in [1.54, 1.807) is 48.7 Å². The molecule has 1 fully saturated rings. The third-order valence-corrected chi connectivity index (χ3v) is 5.87. The summed E-state index contributed by atoms with van der Waals surface area (Å²) in [6.07, 6.45) is 1.71. The maximum Gasteiger partial charge on any atom is 0.335 e. The van der Waals surface area contributed by atoms with Crippen LogP contribution >= 0.6 is 12.2 Å². The van der Waals surface area contributed by atoms with Crippen molar-refractivity contribution >= 4 is 29.0 Å². The maximum absolute atomic E-state index is 11.4. The second kappa shape index (κ2) is 8.40. The van der Waals surface area contributed by atoms with Crippen molar-refractivity contribution in [3.8, 4) is 17.1 Å². The molecule has 7 nitrogen and oxygen atoms in total. The second-order valence-electron chi connectivity index (χ2n) is 7.57. The molecule has 2 atom stereocenters. The number of benzene rings is 2. The molecule has 0 radical (unpaired) electrons. The molecule has 2 unspecified atom stereocenters. The Balaban J connectivity index is 1.60. The van der Waals surface area contributed by atoms with Gasteiger partial charge in [-0.1, -0.05) is 30.3 Å². The zero-order chi connectivity index (χ0) is 22.9. The molecular formula is C25H19N3O4S. The number of hydrogen-bond acceptors (Lipinski definition) is 5. The van der Waals surface area contributed by atoms with Gasteiger partial charge in [-0.2, -0.15) is 0 Å². The summed E-state index contributed by atoms with van der Waals surface area (Å²) >= 11 is 5.65. The lowest BCUT2D eigenvalue weighted by molar-refractivity contribution is 0.0697. The minimum Gasteiger partial charge on any atom is -0.506 e. The molecule has 3 heterocycles. The van der Waals surface area contributed by atoms with E-state index in [-0.39, 0.29) is 17.4 Å². The first-order valence-electron chi connectivity index (χ1n) is 10.2. The van der Waals surface area contributed by atoms with Crippen molar-refractivity contribution in [3.63, 3.8) is 0 Å². The number of phenolic OH excluding ortho intramolecular Hbond substituents is 1. The highest BCUT2D eigenvalue weighted by atomic mass is 32.1. The van der Waals surface area contributed by atoms with Crippen molar-refractivity contribution in [2.24, 2.45) is 0 Å². The van der Waals surface area contributed by atoms with Gasteiger partial charge in [0.2, 0.25) is 0 Å². The van der Waals surface area contributed by atoms with Gasteiger partial charge in [-0.05, 0) is 60.7 Å². The molecule has 1 aliphatic rings. The summed E-state index contributed by atoms with van der Waals surface area (Å²) in [4.78, 5) is 17.7. The van der Waals surface area contributed by atoms with Crippen LogP contribution in [0.2, 0.25) is 0 Å². The summed E-state index contributed by atoms with van der Waals surface area (Å²) in [6, 6.07) is 22.1. The van der Waals surface area contributed by atoms with Gasteiger partial charge in [0.15, 0.2) is 5.11 Å². The number of rotatable bonds is 5. The number of aromatic hydroxyl groups is 1. The van der Waals surface area contributed by atoms with Crippen LogP contribution in [0.4, 0.5) is 5.69 Å². The largest absolute Gasteiger partial charge is 0.506 e. The van der Waals surface area contributed by atoms with Crippen molar-refractivity contribution in [2.75, 3.05) is 4.90 Å². The number of carboxylic acid groups (broad SMARTS) is 1. The van der Waals surface area contributed by atoms with Crippen molar-refractivity contribution in [1.29, 1.82) is 0 Å². The number of para-hydroxylation sites is 2. The molecule has 8 heteroatoms. The number of carbonyl (C=O) groups is 1. The van der Waals surface area contributed by atoms with Gasteiger partial charge in [0.25, 0.3) is 0 Å². The Labute approximate surface area is 194 Å². The zero-order valence-corrected chi connectivity index (χ0v) is 18.1. The second-order valence-corrected chi connectivity index (χ2v) is 7.96. The number of hydrogen-bond donors (Lipinski definition) is 3. The maximum atomic E-state index is 11.4. The number of anilines is 1. The number of thiocarbonyl (C=S) groups is 1. The summed E-state index contributed by atoms with van der Waals surface area (Å²) in [5.74, 6) is 0.212. The van der Waals surface area contributed by atoms with Crippen molar-refractivity contribution < 1.29 is 19.4 Å². The molecular weight excluding hydrogens is 438 g/mol. The third-order valence-electron chi connectivity index (χ3n) is 5.55. The van der Waals surface area contributed by atoms with Crippen LogP contribution in [0.1, 0.15) is 33.9 Å². The van der Waals surface area contributed by atoms with Crippen LogP contribution in [0.5, 0.6) is 5.75 Å². The van der Waals surface area contributed by atoms with E-state index < -0.39 is 12.0 Å². The van der Waals surface area contributed by atoms with E-state index in [9.17, 15) is 15.0 Å². The Kier molecular flexibility index (Phi) is 5.27. The lowest BCUT2D eigenvalue weighted by Gasteiger charge is -2.26. The molecule has 0 saturated carbocycles. The third kappa shape index (κ3) is 3.81. The van der Waals surface area contributed by atoms with Gasteiger partial charge in [0.1, 0.15) is 23.3 Å². The standard InChI is InChI=1S/C25H19N3O4S/c29-19-10-2-1-9-18(19)28-23(22(27-25(28)33)17-8-3-4-13-26-17)21-12-11-20(32-21)15-6-5-7-16(14-15)24(30)31/h1-14,22-23,29H,(H,27,33)(H,30,31). The summed E-state index contributed by atoms with van der Waals surface area (Å²) in [5.41, 5.74) is 2.15. The monoisotopic (exact) mass is 457 g/mol. The summed E-state index contributed by atoms with van der Waals surface area (Å²) < 4.78 is 6.24. The normalized spacial score (nSPS) is 17.7. The number of furan rings is 1. The first kappa shape index (κ1) is 20.7. The Morgan fingerprint density at radius 3 is 2.61 bits per heavy atom. The van der Waals surface area contributed by atoms with Crippen LogP contribution < -0.4 is 10.2 Å². The fourth-order valence-electron chi connectivity index (χ4n) is 4.04. The van der Waals surface area contributed by atoms with Gasteiger partial charge in [0, 0.05) is 11.8 Å². The molecule has 164 valence electrons. The number of phenols is 1. The average Bonchev–Trinajstić information content (AvgIpc) is 3.45. The molecule has 33 heavy (non-hydrogen) atoms. The number of aromatic nitrogens is 1. The van der Waals surface area contributed by atoms with Gasteiger partial charge in [-0.15, -0.1) is 0 Å². The molecule has 1 saturated heterocycles. The number of carboxylic acids is 1. The van der Waals surface area contributed by atoms with Gasteiger partial charge in [-0.3, -0.25) is 4.98 Å². The molecule has 4 aromatic rings. The molecule has 0 bridgehead atoms. The summed E-state index contributed by atoms with van der Waals surface area (Å²) in [5, 5.41) is 23.6. The molecule has 1 aliphatic heterocycles. The van der Waals surface area contributed by atoms with E-state index in [2.05, 4.69) is 10.3 Å². The first-order chi connectivity index (χ1) is 16.0. The highest BCUT2D eigenvalue weighted by Gasteiger charge is 2.43. The predicted octanol–water partition coefficient (Wildman–Crippen LogP) is 4.92. The zero-order valence-electron chi connectivity index (χ0n) is 17.3. The highest BCUT2D eigenvalue weighted by molar-refractivity contribution is 7.80. The van der Waals surface area contributed by atoms with Crippen LogP contribution in [0.3, 0.4) is 0 Å². The molecule has 3 N–H and O–H groups in total. The van der Waals surface area contributed by atoms with Crippen molar-refractivity contribution in [1.82, 2.24) is 10.3 Å². The van der Waals surface area contributed by atoms with Gasteiger partial charge < -0.3 is 24.8 Å². The quantitative estimate of drug-likeness (QED) is 0.363. The van der Waals surface area contributed by atoms with E-state index in [1.165, 1.54) is 6.07 Å². The van der Waals surface area contributed by atoms with E-state index in [1.807, 2.05) is 35.2 Å². The minimum atomic E-state index is -1.00. The number of nitrogens with one attached hydrogen (secondary N) is 1. The average molecular weight is 458 g/mol. The number of pyridine rings is 1. The summed E-state index contributed by atoms with van der Waals surface area (Å²) in [7, 11) is 0. The fraction of sp³-hybridized carbons (Fsp3) is 0.0800. The Hall–Kier alpha value is -4.17. The molecule has 0 amide bonds. The topological polar surface area (TPSA) is 98.8 Å². The highest BCUT2D eigenvalue weighted by Crippen LogP contribution is 2.45. The van der Waals surface area contributed by atoms with Crippen molar-refractivity contribution in [2.45, 2.75) is 12.1 Å². The van der Waals surface area contributed by atoms with E-state index >= 15 is 0 Å². The van der Waals surface area contributed by atoms with Gasteiger partial charge in [-0.25, -0.2) is 4.79 Å². The molecule has 0 aliphatic carbocycles.